The average molecular weight is 550 g/mol. The first-order valence-corrected chi connectivity index (χ1v) is 14.0. The van der Waals surface area contributed by atoms with Gasteiger partial charge in [-0.25, -0.2) is 18.7 Å². The number of piperidine rings is 1. The van der Waals surface area contributed by atoms with E-state index in [1.807, 2.05) is 20.8 Å². The molecule has 38 heavy (non-hydrogen) atoms. The minimum atomic E-state index is -2.83. The van der Waals surface area contributed by atoms with Crippen LogP contribution in [0.2, 0.25) is 0 Å². The Balaban J connectivity index is 1.74. The largest absolute Gasteiger partial charge is 0.389 e. The maximum absolute atomic E-state index is 14.4. The second kappa shape index (κ2) is 10.8. The van der Waals surface area contributed by atoms with Crippen molar-refractivity contribution in [2.45, 2.75) is 90.3 Å². The number of aromatic nitrogens is 2. The first-order chi connectivity index (χ1) is 17.8. The normalized spacial score (nSPS) is 18.6. The molecule has 2 aliphatic rings. The second-order valence-electron chi connectivity index (χ2n) is 11.6. The lowest BCUT2D eigenvalue weighted by atomic mass is 9.98. The minimum absolute atomic E-state index is 0.0257. The molecule has 2 aromatic rings. The fourth-order valence-electron chi connectivity index (χ4n) is 4.80. The number of nitrogens with one attached hydrogen (secondary N) is 2. The second-order valence-corrected chi connectivity index (χ2v) is 12.6. The number of hydrogen-bond acceptors (Lipinski definition) is 7. The number of nitrogens with zero attached hydrogens (tertiary/aromatic N) is 3. The van der Waals surface area contributed by atoms with Crippen LogP contribution >= 0.6 is 11.3 Å². The van der Waals surface area contributed by atoms with Gasteiger partial charge >= 0.3 is 0 Å². The molecule has 1 aliphatic heterocycles. The Morgan fingerprint density at radius 1 is 1.21 bits per heavy atom. The van der Waals surface area contributed by atoms with Crippen molar-refractivity contribution in [2.24, 2.45) is 5.92 Å². The Morgan fingerprint density at radius 2 is 1.92 bits per heavy atom. The molecular formula is C27H37F2N5O3S. The zero-order chi connectivity index (χ0) is 27.8. The monoisotopic (exact) mass is 549 g/mol. The van der Waals surface area contributed by atoms with Crippen LogP contribution in [0.4, 0.5) is 14.6 Å². The number of hydrogen-bond donors (Lipinski definition) is 3. The number of pyridine rings is 1. The van der Waals surface area contributed by atoms with Gasteiger partial charge in [0.05, 0.1) is 10.5 Å². The Bertz CT molecular complexity index is 1190. The van der Waals surface area contributed by atoms with Crippen molar-refractivity contribution in [3.8, 4) is 10.4 Å². The number of amides is 2. The summed E-state index contributed by atoms with van der Waals surface area (Å²) >= 11 is 0.884. The van der Waals surface area contributed by atoms with Gasteiger partial charge in [0.2, 0.25) is 0 Å². The third-order valence-electron chi connectivity index (χ3n) is 7.23. The van der Waals surface area contributed by atoms with E-state index in [1.165, 1.54) is 12.3 Å². The lowest BCUT2D eigenvalue weighted by Crippen LogP contribution is -2.42. The number of alkyl halides is 2. The number of thiazole rings is 1. The van der Waals surface area contributed by atoms with Crippen molar-refractivity contribution in [2.75, 3.05) is 18.4 Å². The van der Waals surface area contributed by atoms with E-state index < -0.39 is 17.9 Å². The van der Waals surface area contributed by atoms with Gasteiger partial charge in [0.25, 0.3) is 18.2 Å². The van der Waals surface area contributed by atoms with Crippen molar-refractivity contribution >= 4 is 29.0 Å². The molecule has 2 amide bonds. The van der Waals surface area contributed by atoms with Gasteiger partial charge in [-0.2, -0.15) is 0 Å². The Hall–Kier alpha value is -2.66. The van der Waals surface area contributed by atoms with E-state index in [0.717, 1.165) is 43.4 Å². The fourth-order valence-corrected chi connectivity index (χ4v) is 5.80. The molecule has 2 fully saturated rings. The summed E-state index contributed by atoms with van der Waals surface area (Å²) < 4.78 is 28.8. The summed E-state index contributed by atoms with van der Waals surface area (Å²) in [6, 6.07) is 1.30. The summed E-state index contributed by atoms with van der Waals surface area (Å²) in [4.78, 5) is 37.2. The molecule has 0 radical (unpaired) electrons. The van der Waals surface area contributed by atoms with Gasteiger partial charge in [-0.05, 0) is 78.7 Å². The molecule has 208 valence electrons. The highest BCUT2D eigenvalue weighted by molar-refractivity contribution is 7.17. The van der Waals surface area contributed by atoms with Crippen molar-refractivity contribution in [3.63, 3.8) is 0 Å². The molecule has 0 aromatic carbocycles. The molecule has 1 aliphatic carbocycles. The average Bonchev–Trinajstić information content (AvgIpc) is 3.62. The molecule has 0 spiro atoms. The maximum Gasteiger partial charge on any atom is 0.280 e. The predicted molar refractivity (Wildman–Crippen MR) is 144 cm³/mol. The first-order valence-electron chi connectivity index (χ1n) is 13.2. The quantitative estimate of drug-likeness (QED) is 0.394. The number of rotatable bonds is 9. The Labute approximate surface area is 226 Å². The number of halogens is 2. The highest BCUT2D eigenvalue weighted by Crippen LogP contribution is 2.42. The lowest BCUT2D eigenvalue weighted by molar-refractivity contribution is 0.0630. The summed E-state index contributed by atoms with van der Waals surface area (Å²) in [5.41, 5.74) is -1.65. The van der Waals surface area contributed by atoms with Gasteiger partial charge in [0.1, 0.15) is 11.5 Å². The molecule has 1 saturated carbocycles. The number of anilines is 1. The van der Waals surface area contributed by atoms with E-state index in [-0.39, 0.29) is 50.7 Å². The smallest absolute Gasteiger partial charge is 0.280 e. The van der Waals surface area contributed by atoms with Gasteiger partial charge in [-0.1, -0.05) is 0 Å². The topological polar surface area (TPSA) is 107 Å². The van der Waals surface area contributed by atoms with Gasteiger partial charge in [0.15, 0.2) is 5.01 Å². The first kappa shape index (κ1) is 28.4. The maximum atomic E-state index is 14.4. The van der Waals surface area contributed by atoms with E-state index in [9.17, 15) is 23.5 Å². The van der Waals surface area contributed by atoms with Crippen LogP contribution in [0.15, 0.2) is 12.3 Å². The van der Waals surface area contributed by atoms with Gasteiger partial charge in [-0.15, -0.1) is 11.3 Å². The number of likely N-dealkylation sites (tertiary alicyclic amines) is 1. The van der Waals surface area contributed by atoms with Crippen LogP contribution in [0.3, 0.4) is 0 Å². The van der Waals surface area contributed by atoms with Crippen LogP contribution in [-0.2, 0) is 0 Å². The molecule has 1 atom stereocenters. The Kier molecular flexibility index (Phi) is 8.09. The number of aliphatic hydroxyl groups is 1. The van der Waals surface area contributed by atoms with Crippen molar-refractivity contribution < 1.29 is 23.5 Å². The fraction of sp³-hybridized carbons (Fsp3) is 0.630. The molecule has 0 bridgehead atoms. The highest BCUT2D eigenvalue weighted by atomic mass is 32.1. The molecule has 4 rings (SSSR count). The van der Waals surface area contributed by atoms with Crippen LogP contribution in [0.5, 0.6) is 0 Å². The van der Waals surface area contributed by atoms with Crippen LogP contribution in [0.1, 0.15) is 99.0 Å². The van der Waals surface area contributed by atoms with Crippen molar-refractivity contribution in [1.29, 1.82) is 0 Å². The standard InChI is InChI=1S/C27H37F2N5O3S/c1-15-8-6-7-11-34(15)25(36)20-21(38-24(32-20)23(35)31-14-26(2,3)37)18-13-30-19(12-17(18)22(28)29)33-27(4,5)16-9-10-16/h12-13,15-16,22,37H,6-11,14H2,1-5H3,(H,30,33)(H,31,35). The minimum Gasteiger partial charge on any atom is -0.389 e. The van der Waals surface area contributed by atoms with Gasteiger partial charge < -0.3 is 20.6 Å². The van der Waals surface area contributed by atoms with E-state index in [4.69, 9.17) is 0 Å². The van der Waals surface area contributed by atoms with Crippen LogP contribution in [0, 0.1) is 5.92 Å². The van der Waals surface area contributed by atoms with Crippen LogP contribution < -0.4 is 10.6 Å². The SMILES string of the molecule is CC1CCCCN1C(=O)c1nc(C(=O)NCC(C)(C)O)sc1-c1cnc(NC(C)(C)C2CC2)cc1C(F)F. The summed E-state index contributed by atoms with van der Waals surface area (Å²) in [6.45, 7) is 9.61. The summed E-state index contributed by atoms with van der Waals surface area (Å²) in [6.07, 6.45) is 3.36. The molecular weight excluding hydrogens is 512 g/mol. The number of carbonyl (C=O) groups excluding carboxylic acids is 2. The van der Waals surface area contributed by atoms with E-state index in [1.54, 1.807) is 18.7 Å². The van der Waals surface area contributed by atoms with Gasteiger partial charge in [0, 0.05) is 42.0 Å². The third-order valence-corrected chi connectivity index (χ3v) is 8.32. The van der Waals surface area contributed by atoms with E-state index >= 15 is 0 Å². The summed E-state index contributed by atoms with van der Waals surface area (Å²) in [7, 11) is 0. The number of carbonyl (C=O) groups is 2. The molecule has 1 saturated heterocycles. The van der Waals surface area contributed by atoms with Crippen LogP contribution in [-0.4, -0.2) is 62.1 Å². The van der Waals surface area contributed by atoms with Gasteiger partial charge in [-0.3, -0.25) is 9.59 Å². The van der Waals surface area contributed by atoms with E-state index in [0.29, 0.717) is 18.3 Å². The zero-order valence-corrected chi connectivity index (χ0v) is 23.4. The zero-order valence-electron chi connectivity index (χ0n) is 22.6. The highest BCUT2D eigenvalue weighted by Gasteiger charge is 2.38. The lowest BCUT2D eigenvalue weighted by Gasteiger charge is -2.33. The Morgan fingerprint density at radius 3 is 2.53 bits per heavy atom. The van der Waals surface area contributed by atoms with Crippen molar-refractivity contribution in [1.82, 2.24) is 20.2 Å². The summed E-state index contributed by atoms with van der Waals surface area (Å²) in [5, 5.41) is 15.8. The van der Waals surface area contributed by atoms with Crippen LogP contribution in [0.25, 0.3) is 10.4 Å². The molecule has 11 heteroatoms. The molecule has 8 nitrogen and oxygen atoms in total. The third kappa shape index (κ3) is 6.48. The molecule has 2 aromatic heterocycles. The molecule has 3 N–H and O–H groups in total. The molecule has 1 unspecified atom stereocenters. The predicted octanol–water partition coefficient (Wildman–Crippen LogP) is 5.26. The van der Waals surface area contributed by atoms with E-state index in [2.05, 4.69) is 20.6 Å². The molecule has 3 heterocycles. The summed E-state index contributed by atoms with van der Waals surface area (Å²) in [5.74, 6) is -0.172. The van der Waals surface area contributed by atoms with Crippen molar-refractivity contribution in [3.05, 3.63) is 28.5 Å².